The van der Waals surface area contributed by atoms with Crippen molar-refractivity contribution < 1.29 is 9.90 Å². The molecule has 1 aromatic carbocycles. The summed E-state index contributed by atoms with van der Waals surface area (Å²) in [6, 6.07) is 5.41. The van der Waals surface area contributed by atoms with E-state index in [9.17, 15) is 4.79 Å². The van der Waals surface area contributed by atoms with Crippen molar-refractivity contribution in [3.63, 3.8) is 0 Å². The smallest absolute Gasteiger partial charge is 0.335 e. The molecule has 0 spiro atoms. The number of aromatic carboxylic acids is 1. The summed E-state index contributed by atoms with van der Waals surface area (Å²) in [5, 5.41) is 9.09. The van der Waals surface area contributed by atoms with Crippen molar-refractivity contribution in [3.8, 4) is 0 Å². The normalized spacial score (nSPS) is 20.6. The Labute approximate surface area is 116 Å². The molecule has 4 heteroatoms. The third kappa shape index (κ3) is 3.25. The standard InChI is InChI=1S/C14H18BrNO2/c1-10-3-2-5-16(6-4-10)13-8-11(14(17)18)7-12(15)9-13/h7-10H,2-6H2,1H3,(H,17,18). The van der Waals surface area contributed by atoms with Gasteiger partial charge in [-0.2, -0.15) is 0 Å². The van der Waals surface area contributed by atoms with Gasteiger partial charge in [-0.1, -0.05) is 22.9 Å². The Hall–Kier alpha value is -1.03. The molecule has 1 aromatic rings. The summed E-state index contributed by atoms with van der Waals surface area (Å²) in [6.07, 6.45) is 3.61. The Kier molecular flexibility index (Phi) is 4.27. The number of carboxylic acid groups (broad SMARTS) is 1. The molecule has 0 bridgehead atoms. The summed E-state index contributed by atoms with van der Waals surface area (Å²) in [5.74, 6) is -0.109. The maximum Gasteiger partial charge on any atom is 0.335 e. The molecule has 1 aliphatic heterocycles. The second-order valence-corrected chi connectivity index (χ2v) is 5.94. The number of nitrogens with zero attached hydrogens (tertiary/aromatic N) is 1. The zero-order valence-corrected chi connectivity index (χ0v) is 12.1. The fraction of sp³-hybridized carbons (Fsp3) is 0.500. The first-order valence-electron chi connectivity index (χ1n) is 6.35. The molecule has 1 fully saturated rings. The summed E-state index contributed by atoms with van der Waals surface area (Å²) in [4.78, 5) is 13.4. The zero-order valence-electron chi connectivity index (χ0n) is 10.5. The first-order valence-corrected chi connectivity index (χ1v) is 7.14. The first kappa shape index (κ1) is 13.4. The average molecular weight is 312 g/mol. The van der Waals surface area contributed by atoms with E-state index in [0.717, 1.165) is 29.2 Å². The molecule has 0 aromatic heterocycles. The summed E-state index contributed by atoms with van der Waals surface area (Å²) < 4.78 is 0.828. The number of anilines is 1. The Morgan fingerprint density at radius 2 is 2.11 bits per heavy atom. The third-order valence-electron chi connectivity index (χ3n) is 3.51. The fourth-order valence-corrected chi connectivity index (χ4v) is 2.88. The van der Waals surface area contributed by atoms with Crippen molar-refractivity contribution in [2.75, 3.05) is 18.0 Å². The molecule has 2 rings (SSSR count). The highest BCUT2D eigenvalue weighted by atomic mass is 79.9. The predicted molar refractivity (Wildman–Crippen MR) is 76.3 cm³/mol. The molecule has 1 aliphatic rings. The molecule has 1 unspecified atom stereocenters. The minimum atomic E-state index is -0.874. The molecule has 18 heavy (non-hydrogen) atoms. The van der Waals surface area contributed by atoms with Crippen LogP contribution in [0.2, 0.25) is 0 Å². The minimum absolute atomic E-state index is 0.344. The van der Waals surface area contributed by atoms with E-state index in [1.807, 2.05) is 6.07 Å². The molecule has 0 aliphatic carbocycles. The molecule has 1 N–H and O–H groups in total. The van der Waals surface area contributed by atoms with Crippen molar-refractivity contribution >= 4 is 27.6 Å². The minimum Gasteiger partial charge on any atom is -0.478 e. The van der Waals surface area contributed by atoms with Crippen LogP contribution in [0.5, 0.6) is 0 Å². The Morgan fingerprint density at radius 3 is 2.83 bits per heavy atom. The van der Waals surface area contributed by atoms with Crippen LogP contribution in [0, 0.1) is 5.92 Å². The number of hydrogen-bond acceptors (Lipinski definition) is 2. The molecule has 1 heterocycles. The number of hydrogen-bond donors (Lipinski definition) is 1. The van der Waals surface area contributed by atoms with Crippen LogP contribution in [0.15, 0.2) is 22.7 Å². The van der Waals surface area contributed by atoms with Gasteiger partial charge in [0.2, 0.25) is 0 Å². The molecule has 1 atom stereocenters. The van der Waals surface area contributed by atoms with Crippen LogP contribution < -0.4 is 4.90 Å². The van der Waals surface area contributed by atoms with Crippen molar-refractivity contribution in [2.24, 2.45) is 5.92 Å². The van der Waals surface area contributed by atoms with Crippen molar-refractivity contribution in [3.05, 3.63) is 28.2 Å². The van der Waals surface area contributed by atoms with Crippen LogP contribution in [-0.4, -0.2) is 24.2 Å². The highest BCUT2D eigenvalue weighted by Gasteiger charge is 2.16. The summed E-state index contributed by atoms with van der Waals surface area (Å²) in [7, 11) is 0. The number of rotatable bonds is 2. The maximum absolute atomic E-state index is 11.1. The first-order chi connectivity index (χ1) is 8.56. The van der Waals surface area contributed by atoms with Gasteiger partial charge in [0.05, 0.1) is 5.56 Å². The van der Waals surface area contributed by atoms with Gasteiger partial charge >= 0.3 is 5.97 Å². The van der Waals surface area contributed by atoms with Crippen molar-refractivity contribution in [1.29, 1.82) is 0 Å². The van der Waals surface area contributed by atoms with Crippen molar-refractivity contribution in [2.45, 2.75) is 26.2 Å². The van der Waals surface area contributed by atoms with Crippen LogP contribution in [0.4, 0.5) is 5.69 Å². The Balaban J connectivity index is 2.24. The van der Waals surface area contributed by atoms with Gasteiger partial charge in [-0.05, 0) is 43.4 Å². The molecule has 0 amide bonds. The van der Waals surface area contributed by atoms with E-state index in [-0.39, 0.29) is 0 Å². The highest BCUT2D eigenvalue weighted by molar-refractivity contribution is 9.10. The van der Waals surface area contributed by atoms with Gasteiger partial charge in [-0.25, -0.2) is 4.79 Å². The van der Waals surface area contributed by atoms with E-state index in [2.05, 4.69) is 27.8 Å². The highest BCUT2D eigenvalue weighted by Crippen LogP contribution is 2.26. The van der Waals surface area contributed by atoms with Gasteiger partial charge in [0.15, 0.2) is 0 Å². The molecule has 3 nitrogen and oxygen atoms in total. The summed E-state index contributed by atoms with van der Waals surface area (Å²) in [5.41, 5.74) is 1.35. The Morgan fingerprint density at radius 1 is 1.33 bits per heavy atom. The van der Waals surface area contributed by atoms with E-state index < -0.39 is 5.97 Å². The largest absolute Gasteiger partial charge is 0.478 e. The van der Waals surface area contributed by atoms with Gasteiger partial charge in [0.1, 0.15) is 0 Å². The predicted octanol–water partition coefficient (Wildman–Crippen LogP) is 3.77. The zero-order chi connectivity index (χ0) is 13.1. The van der Waals surface area contributed by atoms with Gasteiger partial charge in [0, 0.05) is 23.2 Å². The number of benzene rings is 1. The van der Waals surface area contributed by atoms with Gasteiger partial charge in [0.25, 0.3) is 0 Å². The number of carboxylic acids is 1. The molecule has 0 radical (unpaired) electrons. The second kappa shape index (κ2) is 5.74. The molecular weight excluding hydrogens is 294 g/mol. The average Bonchev–Trinajstić information content (AvgIpc) is 2.53. The van der Waals surface area contributed by atoms with Crippen LogP contribution in [0.1, 0.15) is 36.5 Å². The summed E-state index contributed by atoms with van der Waals surface area (Å²) in [6.45, 7) is 4.31. The third-order valence-corrected chi connectivity index (χ3v) is 3.97. The lowest BCUT2D eigenvalue weighted by molar-refractivity contribution is 0.0697. The molecule has 98 valence electrons. The SMILES string of the molecule is CC1CCCN(c2cc(Br)cc(C(=O)O)c2)CC1. The van der Waals surface area contributed by atoms with Crippen LogP contribution in [0.25, 0.3) is 0 Å². The van der Waals surface area contributed by atoms with E-state index in [0.29, 0.717) is 5.56 Å². The fourth-order valence-electron chi connectivity index (χ4n) is 2.40. The quantitative estimate of drug-likeness (QED) is 0.903. The van der Waals surface area contributed by atoms with Gasteiger partial charge in [-0.3, -0.25) is 0 Å². The number of carbonyl (C=O) groups is 1. The maximum atomic E-state index is 11.1. The van der Waals surface area contributed by atoms with Gasteiger partial charge in [-0.15, -0.1) is 0 Å². The Bertz CT molecular complexity index is 447. The van der Waals surface area contributed by atoms with E-state index in [1.54, 1.807) is 12.1 Å². The molecule has 1 saturated heterocycles. The lowest BCUT2D eigenvalue weighted by Crippen LogP contribution is -2.24. The number of halogens is 1. The molecule has 0 saturated carbocycles. The lowest BCUT2D eigenvalue weighted by atomic mass is 10.0. The van der Waals surface area contributed by atoms with Crippen LogP contribution >= 0.6 is 15.9 Å². The molecular formula is C14H18BrNO2. The van der Waals surface area contributed by atoms with E-state index in [4.69, 9.17) is 5.11 Å². The topological polar surface area (TPSA) is 40.5 Å². The van der Waals surface area contributed by atoms with Crippen LogP contribution in [-0.2, 0) is 0 Å². The monoisotopic (exact) mass is 311 g/mol. The second-order valence-electron chi connectivity index (χ2n) is 5.03. The summed E-state index contributed by atoms with van der Waals surface area (Å²) >= 11 is 3.39. The van der Waals surface area contributed by atoms with E-state index >= 15 is 0 Å². The van der Waals surface area contributed by atoms with Gasteiger partial charge < -0.3 is 10.0 Å². The van der Waals surface area contributed by atoms with Crippen LogP contribution in [0.3, 0.4) is 0 Å². The van der Waals surface area contributed by atoms with Crippen molar-refractivity contribution in [1.82, 2.24) is 0 Å². The lowest BCUT2D eigenvalue weighted by Gasteiger charge is -2.23. The van der Waals surface area contributed by atoms with E-state index in [1.165, 1.54) is 19.3 Å².